The van der Waals surface area contributed by atoms with Crippen molar-refractivity contribution in [2.24, 2.45) is 0 Å². The topological polar surface area (TPSA) is 72.3 Å². The molecule has 1 aliphatic rings. The van der Waals surface area contributed by atoms with Gasteiger partial charge in [0.15, 0.2) is 0 Å². The van der Waals surface area contributed by atoms with Crippen LogP contribution in [0.25, 0.3) is 5.69 Å². The number of aromatic nitrogens is 3. The lowest BCUT2D eigenvalue weighted by Crippen LogP contribution is -2.44. The molecular weight excluding hydrogens is 402 g/mol. The van der Waals surface area contributed by atoms with Crippen molar-refractivity contribution in [3.05, 3.63) is 77.4 Å². The zero-order chi connectivity index (χ0) is 22.5. The van der Waals surface area contributed by atoms with Gasteiger partial charge in [0.1, 0.15) is 5.82 Å². The Morgan fingerprint density at radius 3 is 2.47 bits per heavy atom. The first-order valence-electron chi connectivity index (χ1n) is 11.2. The van der Waals surface area contributed by atoms with E-state index in [4.69, 9.17) is 4.74 Å². The van der Waals surface area contributed by atoms with Crippen molar-refractivity contribution in [1.82, 2.24) is 25.0 Å². The van der Waals surface area contributed by atoms with Crippen LogP contribution in [-0.2, 0) is 4.74 Å². The van der Waals surface area contributed by atoms with Crippen LogP contribution in [-0.4, -0.2) is 58.4 Å². The van der Waals surface area contributed by atoms with Crippen molar-refractivity contribution in [2.45, 2.75) is 32.7 Å². The molecular formula is C25H31N5O2. The summed E-state index contributed by atoms with van der Waals surface area (Å²) in [4.78, 5) is 19.8. The standard InChI is InChI=1S/C25H31N5O2/c1-18(2)21-11-7-8-12-22(21)30-19(3)27-24(28-30)25(31)26-17-23(20-9-5-4-6-10-20)29-13-15-32-16-14-29/h4-12,18,23H,13-17H2,1-3H3,(H,26,31). The number of benzene rings is 2. The van der Waals surface area contributed by atoms with Crippen molar-refractivity contribution in [3.63, 3.8) is 0 Å². The highest BCUT2D eigenvalue weighted by Crippen LogP contribution is 2.24. The monoisotopic (exact) mass is 433 g/mol. The van der Waals surface area contributed by atoms with E-state index in [0.717, 1.165) is 18.8 Å². The fourth-order valence-electron chi connectivity index (χ4n) is 4.17. The molecule has 1 amide bonds. The number of morpholine rings is 1. The minimum Gasteiger partial charge on any atom is -0.379 e. The Kier molecular flexibility index (Phi) is 6.97. The van der Waals surface area contributed by atoms with Crippen molar-refractivity contribution in [2.75, 3.05) is 32.8 Å². The van der Waals surface area contributed by atoms with Gasteiger partial charge in [-0.25, -0.2) is 9.67 Å². The Bertz CT molecular complexity index is 1040. The molecule has 1 saturated heterocycles. The summed E-state index contributed by atoms with van der Waals surface area (Å²) in [7, 11) is 0. The first-order chi connectivity index (χ1) is 15.5. The van der Waals surface area contributed by atoms with Crippen molar-refractivity contribution >= 4 is 5.91 Å². The van der Waals surface area contributed by atoms with Gasteiger partial charge in [-0.15, -0.1) is 5.10 Å². The molecule has 0 bridgehead atoms. The molecule has 0 spiro atoms. The Labute approximate surface area is 189 Å². The fourth-order valence-corrected chi connectivity index (χ4v) is 4.17. The predicted octanol–water partition coefficient (Wildman–Crippen LogP) is 3.50. The average molecular weight is 434 g/mol. The lowest BCUT2D eigenvalue weighted by Gasteiger charge is -2.34. The van der Waals surface area contributed by atoms with Crippen LogP contribution in [0.15, 0.2) is 54.6 Å². The summed E-state index contributed by atoms with van der Waals surface area (Å²) < 4.78 is 7.28. The second-order valence-corrected chi connectivity index (χ2v) is 8.39. The minimum atomic E-state index is -0.261. The molecule has 2 aromatic carbocycles. The maximum atomic E-state index is 13.0. The van der Waals surface area contributed by atoms with Crippen molar-refractivity contribution in [1.29, 1.82) is 0 Å². The predicted molar refractivity (Wildman–Crippen MR) is 124 cm³/mol. The molecule has 32 heavy (non-hydrogen) atoms. The summed E-state index contributed by atoms with van der Waals surface area (Å²) in [5.41, 5.74) is 3.31. The normalized spacial score (nSPS) is 15.6. The third kappa shape index (κ3) is 4.89. The van der Waals surface area contributed by atoms with Gasteiger partial charge in [0, 0.05) is 19.6 Å². The van der Waals surface area contributed by atoms with Gasteiger partial charge in [-0.05, 0) is 30.0 Å². The number of rotatable bonds is 7. The van der Waals surface area contributed by atoms with Crippen LogP contribution in [0, 0.1) is 6.92 Å². The van der Waals surface area contributed by atoms with Crippen LogP contribution in [0.5, 0.6) is 0 Å². The fraction of sp³-hybridized carbons (Fsp3) is 0.400. The molecule has 0 radical (unpaired) electrons. The second kappa shape index (κ2) is 10.1. The van der Waals surface area contributed by atoms with E-state index in [2.05, 4.69) is 52.3 Å². The first kappa shape index (κ1) is 22.2. The highest BCUT2D eigenvalue weighted by atomic mass is 16.5. The van der Waals surface area contributed by atoms with E-state index in [1.807, 2.05) is 43.3 Å². The third-order valence-corrected chi connectivity index (χ3v) is 5.89. The number of amides is 1. The zero-order valence-corrected chi connectivity index (χ0v) is 19.0. The lowest BCUT2D eigenvalue weighted by atomic mass is 10.0. The molecule has 1 fully saturated rings. The number of carbonyl (C=O) groups is 1. The summed E-state index contributed by atoms with van der Waals surface area (Å²) in [6.07, 6.45) is 0. The van der Waals surface area contributed by atoms with Gasteiger partial charge in [0.05, 0.1) is 24.9 Å². The Morgan fingerprint density at radius 1 is 1.06 bits per heavy atom. The van der Waals surface area contributed by atoms with Crippen LogP contribution >= 0.6 is 0 Å². The molecule has 7 nitrogen and oxygen atoms in total. The van der Waals surface area contributed by atoms with Crippen LogP contribution in [0.3, 0.4) is 0 Å². The van der Waals surface area contributed by atoms with Gasteiger partial charge in [0.25, 0.3) is 5.91 Å². The van der Waals surface area contributed by atoms with Gasteiger partial charge >= 0.3 is 0 Å². The van der Waals surface area contributed by atoms with Gasteiger partial charge in [-0.3, -0.25) is 9.69 Å². The number of hydrogen-bond acceptors (Lipinski definition) is 5. The molecule has 1 aliphatic heterocycles. The molecule has 4 rings (SSSR count). The molecule has 1 aromatic heterocycles. The van der Waals surface area contributed by atoms with Gasteiger partial charge < -0.3 is 10.1 Å². The van der Waals surface area contributed by atoms with E-state index in [9.17, 15) is 4.79 Å². The molecule has 2 heterocycles. The van der Waals surface area contributed by atoms with Crippen LogP contribution in [0.1, 0.15) is 53.4 Å². The molecule has 7 heteroatoms. The van der Waals surface area contributed by atoms with Crippen LogP contribution < -0.4 is 5.32 Å². The average Bonchev–Trinajstić information content (AvgIpc) is 3.22. The van der Waals surface area contributed by atoms with Crippen molar-refractivity contribution < 1.29 is 9.53 Å². The zero-order valence-electron chi connectivity index (χ0n) is 19.0. The maximum Gasteiger partial charge on any atom is 0.291 e. The second-order valence-electron chi connectivity index (χ2n) is 8.39. The number of para-hydroxylation sites is 1. The maximum absolute atomic E-state index is 13.0. The molecule has 3 aromatic rings. The van der Waals surface area contributed by atoms with Gasteiger partial charge in [0.2, 0.25) is 5.82 Å². The molecule has 1 unspecified atom stereocenters. The highest BCUT2D eigenvalue weighted by Gasteiger charge is 2.24. The molecule has 0 aliphatic carbocycles. The molecule has 1 N–H and O–H groups in total. The molecule has 0 saturated carbocycles. The van der Waals surface area contributed by atoms with E-state index in [1.54, 1.807) is 4.68 Å². The van der Waals surface area contributed by atoms with E-state index >= 15 is 0 Å². The SMILES string of the molecule is Cc1nc(C(=O)NCC(c2ccccc2)N2CCOCC2)nn1-c1ccccc1C(C)C. The van der Waals surface area contributed by atoms with E-state index in [1.165, 1.54) is 11.1 Å². The number of carbonyl (C=O) groups excluding carboxylic acids is 1. The highest BCUT2D eigenvalue weighted by molar-refractivity contribution is 5.90. The quantitative estimate of drug-likeness (QED) is 0.617. The molecule has 1 atom stereocenters. The molecule has 168 valence electrons. The third-order valence-electron chi connectivity index (χ3n) is 5.89. The van der Waals surface area contributed by atoms with E-state index in [0.29, 0.717) is 31.5 Å². The number of aryl methyl sites for hydroxylation is 1. The van der Waals surface area contributed by atoms with E-state index in [-0.39, 0.29) is 17.8 Å². The summed E-state index contributed by atoms with van der Waals surface area (Å²) >= 11 is 0. The van der Waals surface area contributed by atoms with E-state index < -0.39 is 0 Å². The lowest BCUT2D eigenvalue weighted by molar-refractivity contribution is 0.0162. The summed E-state index contributed by atoms with van der Waals surface area (Å²) in [6, 6.07) is 18.5. The van der Waals surface area contributed by atoms with Crippen molar-refractivity contribution in [3.8, 4) is 5.69 Å². The van der Waals surface area contributed by atoms with Crippen LogP contribution in [0.4, 0.5) is 0 Å². The summed E-state index contributed by atoms with van der Waals surface area (Å²) in [5, 5.41) is 7.61. The summed E-state index contributed by atoms with van der Waals surface area (Å²) in [5.74, 6) is 0.959. The Balaban J connectivity index is 1.52. The number of nitrogens with zero attached hydrogens (tertiary/aromatic N) is 4. The largest absolute Gasteiger partial charge is 0.379 e. The van der Waals surface area contributed by atoms with Crippen LogP contribution in [0.2, 0.25) is 0 Å². The minimum absolute atomic E-state index is 0.0777. The number of ether oxygens (including phenoxy) is 1. The smallest absolute Gasteiger partial charge is 0.291 e. The summed E-state index contributed by atoms with van der Waals surface area (Å²) in [6.45, 7) is 9.75. The van der Waals surface area contributed by atoms with Gasteiger partial charge in [-0.2, -0.15) is 0 Å². The first-order valence-corrected chi connectivity index (χ1v) is 11.2. The number of nitrogens with one attached hydrogen (secondary N) is 1. The Hall–Kier alpha value is -3.03. The number of hydrogen-bond donors (Lipinski definition) is 1. The van der Waals surface area contributed by atoms with Gasteiger partial charge in [-0.1, -0.05) is 62.4 Å². The Morgan fingerprint density at radius 2 is 1.75 bits per heavy atom.